The zero-order valence-electron chi connectivity index (χ0n) is 8.28. The summed E-state index contributed by atoms with van der Waals surface area (Å²) in [7, 11) is 0. The van der Waals surface area contributed by atoms with Gasteiger partial charge in [-0.2, -0.15) is 0 Å². The third-order valence-electron chi connectivity index (χ3n) is 2.56. The Morgan fingerprint density at radius 2 is 1.73 bits per heavy atom. The zero-order chi connectivity index (χ0) is 8.65. The van der Waals surface area contributed by atoms with Gasteiger partial charge in [-0.1, -0.05) is 0 Å². The number of hydrogen-bond acceptors (Lipinski definition) is 0. The van der Waals surface area contributed by atoms with Gasteiger partial charge in [0, 0.05) is 0 Å². The Morgan fingerprint density at radius 1 is 1.18 bits per heavy atom. The summed E-state index contributed by atoms with van der Waals surface area (Å²) in [6.45, 7) is 4.51. The van der Waals surface area contributed by atoms with Crippen molar-refractivity contribution in [1.29, 1.82) is 0 Å². The molecule has 0 nitrogen and oxygen atoms in total. The van der Waals surface area contributed by atoms with Crippen LogP contribution in [0.25, 0.3) is 0 Å². The maximum absolute atomic E-state index is 2.48. The first kappa shape index (κ1) is 9.11. The van der Waals surface area contributed by atoms with E-state index in [0.717, 1.165) is 0 Å². The molecule has 0 saturated heterocycles. The molecule has 1 aliphatic rings. The molecular formula is C10H18Ge. The fraction of sp³-hybridized carbons (Fsp3) is 0.600. The van der Waals surface area contributed by atoms with Crippen molar-refractivity contribution in [1.82, 2.24) is 0 Å². The summed E-state index contributed by atoms with van der Waals surface area (Å²) >= 11 is -1.48. The molecule has 0 fully saturated rings. The van der Waals surface area contributed by atoms with Gasteiger partial charge in [0.05, 0.1) is 0 Å². The van der Waals surface area contributed by atoms with Gasteiger partial charge in [0.2, 0.25) is 0 Å². The molecule has 0 aromatic carbocycles. The SMILES string of the molecule is CC1=CC[C]([Ge]([CH3])([CH3])[CH3])=C1C. The van der Waals surface area contributed by atoms with Gasteiger partial charge in [-0.3, -0.25) is 0 Å². The van der Waals surface area contributed by atoms with Crippen molar-refractivity contribution in [3.63, 3.8) is 0 Å². The monoisotopic (exact) mass is 212 g/mol. The molecule has 0 radical (unpaired) electrons. The summed E-state index contributed by atoms with van der Waals surface area (Å²) in [5.74, 6) is 7.43. The van der Waals surface area contributed by atoms with Gasteiger partial charge in [-0.15, -0.1) is 0 Å². The number of hydrogen-bond donors (Lipinski definition) is 0. The van der Waals surface area contributed by atoms with Crippen LogP contribution in [0.3, 0.4) is 0 Å². The fourth-order valence-electron chi connectivity index (χ4n) is 1.67. The molecule has 0 saturated carbocycles. The standard InChI is InChI=1S/C10H18Ge/c1-8-6-7-10(9(8)2)11(3,4)5/h6H,7H2,1-5H3. The normalized spacial score (nSPS) is 19.2. The average Bonchev–Trinajstić information content (AvgIpc) is 2.11. The van der Waals surface area contributed by atoms with Gasteiger partial charge in [-0.05, 0) is 0 Å². The van der Waals surface area contributed by atoms with Crippen molar-refractivity contribution in [3.05, 3.63) is 21.6 Å². The Morgan fingerprint density at radius 3 is 1.91 bits per heavy atom. The molecule has 0 bridgehead atoms. The third-order valence-corrected chi connectivity index (χ3v) is 7.58. The Bertz CT molecular complexity index is 226. The van der Waals surface area contributed by atoms with Gasteiger partial charge in [0.1, 0.15) is 0 Å². The van der Waals surface area contributed by atoms with Crippen molar-refractivity contribution < 1.29 is 0 Å². The van der Waals surface area contributed by atoms with Crippen LogP contribution in [-0.2, 0) is 0 Å². The van der Waals surface area contributed by atoms with Crippen LogP contribution in [0.1, 0.15) is 20.3 Å². The fourth-order valence-corrected chi connectivity index (χ4v) is 5.94. The topological polar surface area (TPSA) is 0 Å². The van der Waals surface area contributed by atoms with Crippen LogP contribution in [-0.4, -0.2) is 13.3 Å². The second-order valence-electron chi connectivity index (χ2n) is 4.44. The first-order valence-corrected chi connectivity index (χ1v) is 11.6. The zero-order valence-corrected chi connectivity index (χ0v) is 10.4. The molecule has 1 rings (SSSR count). The molecule has 0 unspecified atom stereocenters. The first-order chi connectivity index (χ1) is 4.93. The van der Waals surface area contributed by atoms with E-state index in [1.807, 2.05) is 0 Å². The maximum atomic E-state index is 2.48. The molecular weight excluding hydrogens is 193 g/mol. The molecule has 0 atom stereocenters. The Hall–Kier alpha value is 0.0229. The molecule has 0 spiro atoms. The average molecular weight is 211 g/mol. The second-order valence-corrected chi connectivity index (χ2v) is 15.2. The molecule has 11 heavy (non-hydrogen) atoms. The summed E-state index contributed by atoms with van der Waals surface area (Å²) in [6, 6.07) is 0. The molecule has 0 amide bonds. The summed E-state index contributed by atoms with van der Waals surface area (Å²) in [6.07, 6.45) is 3.63. The molecule has 1 heteroatoms. The van der Waals surface area contributed by atoms with Crippen molar-refractivity contribution >= 4 is 13.3 Å². The molecule has 0 N–H and O–H groups in total. The quantitative estimate of drug-likeness (QED) is 0.581. The van der Waals surface area contributed by atoms with Gasteiger partial charge >= 0.3 is 72.4 Å². The summed E-state index contributed by atoms with van der Waals surface area (Å²) in [5, 5.41) is 0. The minimum atomic E-state index is -1.48. The van der Waals surface area contributed by atoms with E-state index in [1.54, 1.807) is 9.98 Å². The summed E-state index contributed by atoms with van der Waals surface area (Å²) in [4.78, 5) is 0. The van der Waals surface area contributed by atoms with E-state index in [0.29, 0.717) is 0 Å². The van der Waals surface area contributed by atoms with E-state index in [4.69, 9.17) is 0 Å². The van der Waals surface area contributed by atoms with Crippen LogP contribution < -0.4 is 0 Å². The van der Waals surface area contributed by atoms with E-state index < -0.39 is 13.3 Å². The van der Waals surface area contributed by atoms with E-state index in [1.165, 1.54) is 12.0 Å². The predicted octanol–water partition coefficient (Wildman–Crippen LogP) is 3.53. The first-order valence-electron chi connectivity index (χ1n) is 4.30. The van der Waals surface area contributed by atoms with Gasteiger partial charge in [0.25, 0.3) is 0 Å². The number of allylic oxidation sites excluding steroid dienone is 4. The van der Waals surface area contributed by atoms with Crippen LogP contribution in [0.4, 0.5) is 0 Å². The van der Waals surface area contributed by atoms with E-state index in [2.05, 4.69) is 37.2 Å². The minimum absolute atomic E-state index is 1.25. The van der Waals surface area contributed by atoms with Crippen molar-refractivity contribution in [2.45, 2.75) is 37.5 Å². The van der Waals surface area contributed by atoms with E-state index >= 15 is 0 Å². The summed E-state index contributed by atoms with van der Waals surface area (Å²) < 4.78 is 1.79. The molecule has 0 aromatic heterocycles. The number of rotatable bonds is 1. The van der Waals surface area contributed by atoms with E-state index in [-0.39, 0.29) is 0 Å². The van der Waals surface area contributed by atoms with Gasteiger partial charge < -0.3 is 0 Å². The molecule has 0 aromatic rings. The molecule has 1 aliphatic carbocycles. The van der Waals surface area contributed by atoms with Crippen molar-refractivity contribution in [2.75, 3.05) is 0 Å². The van der Waals surface area contributed by atoms with Crippen LogP contribution in [0.5, 0.6) is 0 Å². The van der Waals surface area contributed by atoms with Gasteiger partial charge in [0.15, 0.2) is 0 Å². The van der Waals surface area contributed by atoms with Crippen LogP contribution in [0.2, 0.25) is 17.3 Å². The van der Waals surface area contributed by atoms with Crippen LogP contribution in [0, 0.1) is 0 Å². The van der Waals surface area contributed by atoms with Crippen molar-refractivity contribution in [3.8, 4) is 0 Å². The molecule has 62 valence electrons. The predicted molar refractivity (Wildman–Crippen MR) is 54.4 cm³/mol. The van der Waals surface area contributed by atoms with E-state index in [9.17, 15) is 0 Å². The van der Waals surface area contributed by atoms with Crippen LogP contribution in [0.15, 0.2) is 21.6 Å². The second kappa shape index (κ2) is 2.82. The van der Waals surface area contributed by atoms with Crippen LogP contribution >= 0.6 is 0 Å². The summed E-state index contributed by atoms with van der Waals surface area (Å²) in [5.41, 5.74) is 3.11. The van der Waals surface area contributed by atoms with Gasteiger partial charge in [-0.25, -0.2) is 0 Å². The Labute approximate surface area is 72.7 Å². The molecule has 0 heterocycles. The Kier molecular flexibility index (Phi) is 2.33. The third kappa shape index (κ3) is 1.78. The molecule has 0 aliphatic heterocycles. The Balaban J connectivity index is 2.95. The van der Waals surface area contributed by atoms with Crippen molar-refractivity contribution in [2.24, 2.45) is 0 Å².